The number of hydrogen-bond acceptors (Lipinski definition) is 0. The monoisotopic (exact) mass is 185 g/mol. The van der Waals surface area contributed by atoms with Crippen LogP contribution in [-0.4, -0.2) is 0 Å². The molecule has 0 saturated carbocycles. The first kappa shape index (κ1) is 10.8. The van der Waals surface area contributed by atoms with Gasteiger partial charge in [-0.1, -0.05) is 54.7 Å². The molecule has 0 heterocycles. The summed E-state index contributed by atoms with van der Waals surface area (Å²) in [5.41, 5.74) is 0. The molecular weight excluding hydrogens is 168 g/mol. The lowest BCUT2D eigenvalue weighted by Crippen LogP contribution is -1.66. The van der Waals surface area contributed by atoms with Crippen molar-refractivity contribution in [2.24, 2.45) is 0 Å². The van der Waals surface area contributed by atoms with Crippen molar-refractivity contribution in [3.63, 3.8) is 0 Å². The van der Waals surface area contributed by atoms with Gasteiger partial charge < -0.3 is 0 Å². The summed E-state index contributed by atoms with van der Waals surface area (Å²) < 4.78 is 0. The zero-order valence-electron chi connectivity index (χ0n) is 8.52. The summed E-state index contributed by atoms with van der Waals surface area (Å²) in [6.45, 7) is 0. The van der Waals surface area contributed by atoms with Gasteiger partial charge in [0.1, 0.15) is 0 Å². The fraction of sp³-hybridized carbons (Fsp3) is 0.286. The van der Waals surface area contributed by atoms with E-state index in [-0.39, 0.29) is 0 Å². The summed E-state index contributed by atoms with van der Waals surface area (Å²) in [6, 6.07) is 0. The second-order valence-corrected chi connectivity index (χ2v) is 3.15. The van der Waals surface area contributed by atoms with Crippen molar-refractivity contribution >= 4 is 0 Å². The topological polar surface area (TPSA) is 0 Å². The predicted molar refractivity (Wildman–Crippen MR) is 62.8 cm³/mol. The van der Waals surface area contributed by atoms with Crippen LogP contribution in [0.3, 0.4) is 0 Å². The molecule has 1 rings (SSSR count). The van der Waals surface area contributed by atoms with Crippen molar-refractivity contribution in [1.82, 2.24) is 0 Å². The molecule has 0 saturated heterocycles. The summed E-state index contributed by atoms with van der Waals surface area (Å²) in [6.07, 6.45) is 26.5. The first-order valence-electron chi connectivity index (χ1n) is 5.19. The van der Waals surface area contributed by atoms with E-state index in [4.69, 9.17) is 0 Å². The van der Waals surface area contributed by atoms with Gasteiger partial charge in [0.05, 0.1) is 0 Å². The Morgan fingerprint density at radius 2 is 1.50 bits per heavy atom. The summed E-state index contributed by atoms with van der Waals surface area (Å²) >= 11 is 0. The highest BCUT2D eigenvalue weighted by molar-refractivity contribution is 5.08. The summed E-state index contributed by atoms with van der Waals surface area (Å²) in [5, 5.41) is 0. The molecule has 0 N–H and O–H groups in total. The van der Waals surface area contributed by atoms with Crippen LogP contribution < -0.4 is 0 Å². The smallest absolute Gasteiger partial charge is 0.0157 e. The Kier molecular flexibility index (Phi) is 6.39. The van der Waals surface area contributed by atoms with Crippen LogP contribution in [0.15, 0.2) is 54.7 Å². The first-order valence-corrected chi connectivity index (χ1v) is 5.19. The minimum absolute atomic E-state index is 0.963. The molecule has 0 aromatic carbocycles. The first-order chi connectivity index (χ1) is 7.00. The van der Waals surface area contributed by atoms with Gasteiger partial charge in [-0.3, -0.25) is 0 Å². The van der Waals surface area contributed by atoms with Gasteiger partial charge in [-0.15, -0.1) is 0 Å². The minimum Gasteiger partial charge on any atom is -0.0879 e. The van der Waals surface area contributed by atoms with Crippen molar-refractivity contribution < 1.29 is 0 Å². The lowest BCUT2D eigenvalue weighted by molar-refractivity contribution is 1.04. The maximum atomic E-state index is 3.13. The molecule has 0 unspecified atom stereocenters. The van der Waals surface area contributed by atoms with Crippen LogP contribution in [0.4, 0.5) is 0 Å². The van der Waals surface area contributed by atoms with Crippen molar-refractivity contribution in [2.45, 2.75) is 25.7 Å². The van der Waals surface area contributed by atoms with Crippen LogP contribution >= 0.6 is 0 Å². The van der Waals surface area contributed by atoms with Gasteiger partial charge in [0.15, 0.2) is 0 Å². The fourth-order valence-corrected chi connectivity index (χ4v) is 1.15. The third-order valence-corrected chi connectivity index (χ3v) is 1.91. The fourth-order valence-electron chi connectivity index (χ4n) is 1.15. The molecule has 0 fully saturated rings. The normalized spacial score (nSPS) is 18.3. The average molecular weight is 185 g/mol. The Morgan fingerprint density at radius 3 is 2.43 bits per heavy atom. The molecule has 0 amide bonds. The summed E-state index contributed by atoms with van der Waals surface area (Å²) in [7, 11) is 0. The quantitative estimate of drug-likeness (QED) is 0.497. The molecule has 0 spiro atoms. The maximum absolute atomic E-state index is 3.13. The van der Waals surface area contributed by atoms with E-state index in [2.05, 4.69) is 48.6 Å². The number of hydrogen-bond donors (Lipinski definition) is 0. The van der Waals surface area contributed by atoms with Crippen molar-refractivity contribution in [2.75, 3.05) is 0 Å². The Labute approximate surface area is 87.0 Å². The lowest BCUT2D eigenvalue weighted by atomic mass is 10.2. The molecular formula is C14H17. The largest absolute Gasteiger partial charge is 0.0879 e. The SMILES string of the molecule is [C]1=CCC=CC=CCC=CCCC=C1. The molecule has 73 valence electrons. The summed E-state index contributed by atoms with van der Waals surface area (Å²) in [5.74, 6) is 0. The van der Waals surface area contributed by atoms with Crippen molar-refractivity contribution in [3.05, 3.63) is 60.8 Å². The molecule has 0 aromatic rings. The van der Waals surface area contributed by atoms with E-state index in [1.807, 2.05) is 12.2 Å². The van der Waals surface area contributed by atoms with E-state index in [0.29, 0.717) is 0 Å². The zero-order chi connectivity index (χ0) is 9.90. The molecule has 0 nitrogen and oxygen atoms in total. The maximum Gasteiger partial charge on any atom is -0.0157 e. The van der Waals surface area contributed by atoms with Crippen LogP contribution in [0.2, 0.25) is 0 Å². The Bertz CT molecular complexity index is 262. The molecule has 0 atom stereocenters. The van der Waals surface area contributed by atoms with E-state index >= 15 is 0 Å². The highest BCUT2D eigenvalue weighted by Gasteiger charge is 1.77. The molecule has 14 heavy (non-hydrogen) atoms. The highest BCUT2D eigenvalue weighted by atomic mass is 13.8. The van der Waals surface area contributed by atoms with Gasteiger partial charge in [0.25, 0.3) is 0 Å². The second-order valence-electron chi connectivity index (χ2n) is 3.15. The van der Waals surface area contributed by atoms with Gasteiger partial charge in [0, 0.05) is 0 Å². The van der Waals surface area contributed by atoms with Crippen molar-refractivity contribution in [1.29, 1.82) is 0 Å². The van der Waals surface area contributed by atoms with Crippen LogP contribution in [0.5, 0.6) is 0 Å². The molecule has 0 bridgehead atoms. The van der Waals surface area contributed by atoms with Gasteiger partial charge in [-0.2, -0.15) is 0 Å². The van der Waals surface area contributed by atoms with E-state index in [1.54, 1.807) is 0 Å². The average Bonchev–Trinajstić information content (AvgIpc) is 2.22. The number of allylic oxidation sites excluding steroid dienone is 10. The van der Waals surface area contributed by atoms with Crippen LogP contribution in [0.25, 0.3) is 0 Å². The minimum atomic E-state index is 0.963. The second kappa shape index (κ2) is 8.31. The molecule has 0 heteroatoms. The third kappa shape index (κ3) is 6.24. The lowest BCUT2D eigenvalue weighted by Gasteiger charge is -1.86. The van der Waals surface area contributed by atoms with E-state index in [1.165, 1.54) is 0 Å². The molecule has 0 aromatic heterocycles. The predicted octanol–water partition coefficient (Wildman–Crippen LogP) is 4.14. The highest BCUT2D eigenvalue weighted by Crippen LogP contribution is 1.97. The number of rotatable bonds is 0. The van der Waals surface area contributed by atoms with Crippen LogP contribution in [-0.2, 0) is 0 Å². The molecule has 1 aliphatic rings. The Morgan fingerprint density at radius 1 is 0.714 bits per heavy atom. The van der Waals surface area contributed by atoms with Crippen molar-refractivity contribution in [3.8, 4) is 0 Å². The van der Waals surface area contributed by atoms with E-state index in [0.717, 1.165) is 25.7 Å². The van der Waals surface area contributed by atoms with E-state index < -0.39 is 0 Å². The van der Waals surface area contributed by atoms with Crippen LogP contribution in [0, 0.1) is 6.08 Å². The van der Waals surface area contributed by atoms with E-state index in [9.17, 15) is 0 Å². The standard InChI is InChI=1S/C14H17/c1-2-4-6-8-10-12-14-13-11-9-7-5-3-1/h1-4,7-9,12,14H,5-6,11,13H2. The van der Waals surface area contributed by atoms with Crippen LogP contribution in [0.1, 0.15) is 25.7 Å². The van der Waals surface area contributed by atoms with Gasteiger partial charge in [-0.25, -0.2) is 0 Å². The summed E-state index contributed by atoms with van der Waals surface area (Å²) in [4.78, 5) is 0. The van der Waals surface area contributed by atoms with Gasteiger partial charge in [0.2, 0.25) is 0 Å². The van der Waals surface area contributed by atoms with Gasteiger partial charge >= 0.3 is 0 Å². The third-order valence-electron chi connectivity index (χ3n) is 1.91. The Balaban J connectivity index is 2.45. The molecule has 1 aliphatic carbocycles. The zero-order valence-corrected chi connectivity index (χ0v) is 8.52. The Hall–Kier alpha value is -1.30. The van der Waals surface area contributed by atoms with Gasteiger partial charge in [-0.05, 0) is 31.8 Å². The molecule has 1 radical (unpaired) electrons. The molecule has 0 aliphatic heterocycles.